The Hall–Kier alpha value is -1.70. The third-order valence-corrected chi connectivity index (χ3v) is 3.60. The van der Waals surface area contributed by atoms with Gasteiger partial charge in [-0.1, -0.05) is 0 Å². The third-order valence-electron chi connectivity index (χ3n) is 3.05. The lowest BCUT2D eigenvalue weighted by Crippen LogP contribution is -2.18. The van der Waals surface area contributed by atoms with Crippen LogP contribution in [0.2, 0.25) is 0 Å². The zero-order chi connectivity index (χ0) is 15.4. The van der Waals surface area contributed by atoms with Crippen LogP contribution in [0, 0.1) is 0 Å². The van der Waals surface area contributed by atoms with Gasteiger partial charge in [0.15, 0.2) is 5.65 Å². The van der Waals surface area contributed by atoms with Crippen molar-refractivity contribution in [2.24, 2.45) is 7.05 Å². The molecule has 2 heterocycles. The Bertz CT molecular complexity index is 643. The number of aryl methyl sites for hydroxylation is 1. The van der Waals surface area contributed by atoms with Gasteiger partial charge in [-0.05, 0) is 36.2 Å². The normalized spacial score (nSPS) is 12.4. The highest BCUT2D eigenvalue weighted by molar-refractivity contribution is 9.10. The molecule has 0 saturated carbocycles. The second-order valence-corrected chi connectivity index (χ2v) is 5.48. The van der Waals surface area contributed by atoms with E-state index in [0.29, 0.717) is 29.9 Å². The van der Waals surface area contributed by atoms with Crippen LogP contribution in [0.25, 0.3) is 11.0 Å². The van der Waals surface area contributed by atoms with Crippen LogP contribution >= 0.6 is 15.9 Å². The van der Waals surface area contributed by atoms with Crippen molar-refractivity contribution in [1.82, 2.24) is 19.7 Å². The summed E-state index contributed by atoms with van der Waals surface area (Å²) < 4.78 is 7.31. The number of rotatable bonds is 6. The van der Waals surface area contributed by atoms with Gasteiger partial charge in [-0.15, -0.1) is 0 Å². The molecule has 0 aliphatic carbocycles. The molecule has 1 atom stereocenters. The first-order valence-electron chi connectivity index (χ1n) is 6.78. The number of carbonyl (C=O) groups excluding carboxylic acids is 1. The van der Waals surface area contributed by atoms with E-state index in [4.69, 9.17) is 4.74 Å². The zero-order valence-electron chi connectivity index (χ0n) is 12.3. The maximum atomic E-state index is 11.4. The molecule has 2 aromatic rings. The fourth-order valence-electron chi connectivity index (χ4n) is 2.02. The maximum absolute atomic E-state index is 11.4. The molecule has 21 heavy (non-hydrogen) atoms. The van der Waals surface area contributed by atoms with E-state index in [9.17, 15) is 4.79 Å². The average molecular weight is 356 g/mol. The molecule has 7 nitrogen and oxygen atoms in total. The Morgan fingerprint density at radius 3 is 3.00 bits per heavy atom. The van der Waals surface area contributed by atoms with E-state index in [0.717, 1.165) is 11.0 Å². The third kappa shape index (κ3) is 3.69. The van der Waals surface area contributed by atoms with Crippen molar-refractivity contribution in [1.29, 1.82) is 0 Å². The summed E-state index contributed by atoms with van der Waals surface area (Å²) in [5.41, 5.74) is 0.747. The number of hydrogen-bond donors (Lipinski definition) is 1. The first-order chi connectivity index (χ1) is 10.0. The number of carbonyl (C=O) groups is 1. The Labute approximate surface area is 131 Å². The molecule has 2 rings (SSSR count). The molecule has 0 saturated heterocycles. The second-order valence-electron chi connectivity index (χ2n) is 4.72. The number of hydrogen-bond acceptors (Lipinski definition) is 6. The van der Waals surface area contributed by atoms with Crippen LogP contribution in [0.5, 0.6) is 0 Å². The largest absolute Gasteiger partial charge is 0.466 e. The van der Waals surface area contributed by atoms with E-state index in [-0.39, 0.29) is 12.0 Å². The number of ether oxygens (including phenoxy) is 1. The number of anilines is 1. The Kier molecular flexibility index (Phi) is 5.11. The van der Waals surface area contributed by atoms with Crippen LogP contribution in [0.15, 0.2) is 10.9 Å². The molecule has 8 heteroatoms. The van der Waals surface area contributed by atoms with Gasteiger partial charge in [0.1, 0.15) is 16.7 Å². The number of aromatic nitrogens is 4. The minimum absolute atomic E-state index is 0.0830. The first-order valence-corrected chi connectivity index (χ1v) is 7.57. The number of nitrogens with one attached hydrogen (secondary N) is 1. The molecule has 0 bridgehead atoms. The van der Waals surface area contributed by atoms with Gasteiger partial charge in [0.05, 0.1) is 12.0 Å². The van der Waals surface area contributed by atoms with Crippen LogP contribution < -0.4 is 5.32 Å². The topological polar surface area (TPSA) is 81.9 Å². The van der Waals surface area contributed by atoms with Gasteiger partial charge in [0.25, 0.3) is 0 Å². The van der Waals surface area contributed by atoms with Crippen molar-refractivity contribution in [3.05, 3.63) is 10.9 Å². The lowest BCUT2D eigenvalue weighted by molar-refractivity contribution is -0.143. The average Bonchev–Trinajstić information content (AvgIpc) is 2.73. The Morgan fingerprint density at radius 2 is 2.29 bits per heavy atom. The molecule has 2 aromatic heterocycles. The summed E-state index contributed by atoms with van der Waals surface area (Å²) in [4.78, 5) is 19.8. The van der Waals surface area contributed by atoms with Crippen molar-refractivity contribution in [2.75, 3.05) is 11.9 Å². The lowest BCUT2D eigenvalue weighted by Gasteiger charge is -2.14. The summed E-state index contributed by atoms with van der Waals surface area (Å²) >= 11 is 3.42. The highest BCUT2D eigenvalue weighted by atomic mass is 79.9. The Morgan fingerprint density at radius 1 is 1.52 bits per heavy atom. The molecule has 0 fully saturated rings. The van der Waals surface area contributed by atoms with Crippen molar-refractivity contribution in [3.63, 3.8) is 0 Å². The molecule has 0 radical (unpaired) electrons. The van der Waals surface area contributed by atoms with E-state index in [2.05, 4.69) is 36.3 Å². The number of esters is 1. The van der Waals surface area contributed by atoms with Gasteiger partial charge in [-0.2, -0.15) is 5.10 Å². The van der Waals surface area contributed by atoms with Gasteiger partial charge in [-0.3, -0.25) is 4.79 Å². The van der Waals surface area contributed by atoms with E-state index >= 15 is 0 Å². The molecule has 0 spiro atoms. The van der Waals surface area contributed by atoms with Gasteiger partial charge in [0, 0.05) is 19.5 Å². The highest BCUT2D eigenvalue weighted by Crippen LogP contribution is 2.27. The molecule has 114 valence electrons. The van der Waals surface area contributed by atoms with Crippen LogP contribution in [-0.4, -0.2) is 38.4 Å². The van der Waals surface area contributed by atoms with Gasteiger partial charge in [-0.25, -0.2) is 14.6 Å². The SMILES string of the molecule is CCOC(=O)CCC(C)Nc1ncnc2c1c(Br)nn2C. The van der Waals surface area contributed by atoms with Crippen LogP contribution in [-0.2, 0) is 16.6 Å². The summed E-state index contributed by atoms with van der Waals surface area (Å²) in [5, 5.41) is 8.40. The number of halogens is 1. The van der Waals surface area contributed by atoms with Crippen molar-refractivity contribution < 1.29 is 9.53 Å². The fourth-order valence-corrected chi connectivity index (χ4v) is 2.63. The van der Waals surface area contributed by atoms with Crippen LogP contribution in [0.1, 0.15) is 26.7 Å². The fraction of sp³-hybridized carbons (Fsp3) is 0.538. The van der Waals surface area contributed by atoms with Crippen molar-refractivity contribution in [3.8, 4) is 0 Å². The van der Waals surface area contributed by atoms with Gasteiger partial charge in [0.2, 0.25) is 0 Å². The van der Waals surface area contributed by atoms with Crippen LogP contribution in [0.3, 0.4) is 0 Å². The highest BCUT2D eigenvalue weighted by Gasteiger charge is 2.15. The van der Waals surface area contributed by atoms with E-state index < -0.39 is 0 Å². The number of fused-ring (bicyclic) bond motifs is 1. The predicted octanol–water partition coefficient (Wildman–Crippen LogP) is 2.27. The van der Waals surface area contributed by atoms with Crippen molar-refractivity contribution in [2.45, 2.75) is 32.7 Å². The van der Waals surface area contributed by atoms with E-state index in [1.165, 1.54) is 6.33 Å². The Balaban J connectivity index is 2.07. The predicted molar refractivity (Wildman–Crippen MR) is 83.0 cm³/mol. The summed E-state index contributed by atoms with van der Waals surface area (Å²) in [6.45, 7) is 4.21. The quantitative estimate of drug-likeness (QED) is 0.800. The lowest BCUT2D eigenvalue weighted by atomic mass is 10.2. The molecular weight excluding hydrogens is 338 g/mol. The standard InChI is InChI=1S/C13H18BrN5O2/c1-4-21-9(20)6-5-8(2)17-12-10-11(14)18-19(3)13(10)16-7-15-12/h7-8H,4-6H2,1-3H3,(H,15,16,17). The van der Waals surface area contributed by atoms with Gasteiger partial charge < -0.3 is 10.1 Å². The minimum Gasteiger partial charge on any atom is -0.466 e. The van der Waals surface area contributed by atoms with E-state index in [1.54, 1.807) is 11.6 Å². The van der Waals surface area contributed by atoms with Crippen molar-refractivity contribution >= 4 is 38.8 Å². The van der Waals surface area contributed by atoms with Crippen LogP contribution in [0.4, 0.5) is 5.82 Å². The molecule has 0 aromatic carbocycles. The molecule has 0 aliphatic heterocycles. The number of nitrogens with zero attached hydrogens (tertiary/aromatic N) is 4. The molecular formula is C13H18BrN5O2. The summed E-state index contributed by atoms with van der Waals surface area (Å²) in [5.74, 6) is 0.526. The maximum Gasteiger partial charge on any atom is 0.305 e. The second kappa shape index (κ2) is 6.84. The first kappa shape index (κ1) is 15.7. The zero-order valence-corrected chi connectivity index (χ0v) is 13.8. The van der Waals surface area contributed by atoms with Gasteiger partial charge >= 0.3 is 5.97 Å². The smallest absolute Gasteiger partial charge is 0.305 e. The monoisotopic (exact) mass is 355 g/mol. The summed E-state index contributed by atoms with van der Waals surface area (Å²) in [7, 11) is 1.83. The molecule has 0 aliphatic rings. The summed E-state index contributed by atoms with van der Waals surface area (Å²) in [6.07, 6.45) is 2.55. The molecule has 0 amide bonds. The molecule has 1 N–H and O–H groups in total. The summed E-state index contributed by atoms with van der Waals surface area (Å²) in [6, 6.07) is 0.0830. The minimum atomic E-state index is -0.179. The van der Waals surface area contributed by atoms with E-state index in [1.807, 2.05) is 14.0 Å². The molecule has 1 unspecified atom stereocenters.